The molecule has 0 aromatic heterocycles. The summed E-state index contributed by atoms with van der Waals surface area (Å²) in [5, 5.41) is 31.7. The first kappa shape index (κ1) is 17.8. The van der Waals surface area contributed by atoms with Crippen LogP contribution in [0, 0.1) is 45.8 Å². The van der Waals surface area contributed by atoms with Gasteiger partial charge in [-0.2, -0.15) is 5.26 Å². The van der Waals surface area contributed by atoms with Gasteiger partial charge in [0, 0.05) is 5.41 Å². The van der Waals surface area contributed by atoms with Gasteiger partial charge in [-0.25, -0.2) is 0 Å². The Morgan fingerprint density at radius 3 is 2.40 bits per heavy atom. The largest absolute Gasteiger partial charge is 0.385 e. The van der Waals surface area contributed by atoms with E-state index in [0.717, 1.165) is 31.1 Å². The highest BCUT2D eigenvalue weighted by atomic mass is 16.4. The van der Waals surface area contributed by atoms with Crippen LogP contribution in [0.5, 0.6) is 0 Å². The van der Waals surface area contributed by atoms with E-state index >= 15 is 0 Å². The molecule has 8 atom stereocenters. The van der Waals surface area contributed by atoms with Crippen molar-refractivity contribution >= 4 is 0 Å². The van der Waals surface area contributed by atoms with Gasteiger partial charge in [-0.3, -0.25) is 0 Å². The molecule has 0 saturated heterocycles. The van der Waals surface area contributed by atoms with Gasteiger partial charge in [0.15, 0.2) is 5.60 Å². The minimum Gasteiger partial charge on any atom is -0.385 e. The zero-order valence-electron chi connectivity index (χ0n) is 16.2. The molecule has 2 N–H and O–H groups in total. The molecule has 0 bridgehead atoms. The third-order valence-electron chi connectivity index (χ3n) is 9.76. The number of nitrogens with zero attached hydrogens (tertiary/aromatic N) is 1. The van der Waals surface area contributed by atoms with Crippen molar-refractivity contribution in [3.05, 3.63) is 0 Å². The maximum Gasteiger partial charge on any atom is 0.177 e. The second-order valence-electron chi connectivity index (χ2n) is 10.4. The fourth-order valence-corrected chi connectivity index (χ4v) is 8.20. The molecule has 0 aliphatic heterocycles. The molecule has 0 spiro atoms. The summed E-state index contributed by atoms with van der Waals surface area (Å²) in [6.45, 7) is 6.25. The van der Waals surface area contributed by atoms with Gasteiger partial charge >= 0.3 is 0 Å². The van der Waals surface area contributed by atoms with Crippen LogP contribution in [0.15, 0.2) is 0 Å². The first-order valence-electron chi connectivity index (χ1n) is 10.6. The van der Waals surface area contributed by atoms with Gasteiger partial charge in [0.25, 0.3) is 0 Å². The van der Waals surface area contributed by atoms with Crippen molar-refractivity contribution in [3.8, 4) is 6.07 Å². The second-order valence-corrected chi connectivity index (χ2v) is 10.4. The van der Waals surface area contributed by atoms with E-state index in [0.29, 0.717) is 23.7 Å². The highest BCUT2D eigenvalue weighted by Crippen LogP contribution is 2.69. The average molecular weight is 346 g/mol. The molecule has 3 heteroatoms. The molecule has 25 heavy (non-hydrogen) atoms. The van der Waals surface area contributed by atoms with Crippen LogP contribution >= 0.6 is 0 Å². The van der Waals surface area contributed by atoms with Crippen LogP contribution in [-0.2, 0) is 0 Å². The van der Waals surface area contributed by atoms with Crippen molar-refractivity contribution in [2.75, 3.05) is 0 Å². The van der Waals surface area contributed by atoms with Crippen LogP contribution < -0.4 is 0 Å². The van der Waals surface area contributed by atoms with Gasteiger partial charge in [-0.05, 0) is 87.4 Å². The molecule has 4 rings (SSSR count). The summed E-state index contributed by atoms with van der Waals surface area (Å²) in [7, 11) is 0. The Morgan fingerprint density at radius 1 is 0.960 bits per heavy atom. The Labute approximate surface area is 152 Å². The highest BCUT2D eigenvalue weighted by Gasteiger charge is 2.69. The molecule has 4 aliphatic carbocycles. The van der Waals surface area contributed by atoms with Gasteiger partial charge in [-0.1, -0.05) is 26.7 Å². The number of nitriles is 1. The molecule has 0 aromatic carbocycles. The molecule has 2 unspecified atom stereocenters. The Bertz CT molecular complexity index is 595. The Balaban J connectivity index is 1.68. The van der Waals surface area contributed by atoms with Crippen LogP contribution in [0.3, 0.4) is 0 Å². The number of hydrogen-bond donors (Lipinski definition) is 2. The van der Waals surface area contributed by atoms with Crippen molar-refractivity contribution in [2.45, 2.75) is 96.2 Å². The molecule has 0 radical (unpaired) electrons. The lowest BCUT2D eigenvalue weighted by molar-refractivity contribution is -0.204. The van der Waals surface area contributed by atoms with Crippen LogP contribution in [0.2, 0.25) is 0 Å². The zero-order valence-corrected chi connectivity index (χ0v) is 16.2. The smallest absolute Gasteiger partial charge is 0.177 e. The van der Waals surface area contributed by atoms with E-state index in [1.807, 2.05) is 6.07 Å². The molecular formula is C22H35NO2. The molecule has 0 aromatic rings. The van der Waals surface area contributed by atoms with Crippen LogP contribution in [0.4, 0.5) is 0 Å². The minimum absolute atomic E-state index is 0.328. The summed E-state index contributed by atoms with van der Waals surface area (Å²) in [6, 6.07) is 2.01. The SMILES string of the molecule is CC(O)(C#N)[C@@]1(O)CC[C@H]2[C@@H]3CCC4CCCC[C@]4(C)[C@H]3CC[C@@]21C. The van der Waals surface area contributed by atoms with Crippen molar-refractivity contribution in [1.29, 1.82) is 5.26 Å². The Hall–Kier alpha value is -0.590. The van der Waals surface area contributed by atoms with Gasteiger partial charge in [0.2, 0.25) is 0 Å². The molecule has 4 aliphatic rings. The molecule has 140 valence electrons. The summed E-state index contributed by atoms with van der Waals surface area (Å²) < 4.78 is 0. The number of hydrogen-bond acceptors (Lipinski definition) is 3. The van der Waals surface area contributed by atoms with E-state index in [4.69, 9.17) is 0 Å². The van der Waals surface area contributed by atoms with Crippen LogP contribution in [0.1, 0.15) is 85.0 Å². The summed E-state index contributed by atoms with van der Waals surface area (Å²) in [6.07, 6.45) is 11.9. The second kappa shape index (κ2) is 5.46. The van der Waals surface area contributed by atoms with Crippen molar-refractivity contribution in [1.82, 2.24) is 0 Å². The lowest BCUT2D eigenvalue weighted by atomic mass is 9.44. The fraction of sp³-hybridized carbons (Fsp3) is 0.955. The predicted octanol–water partition coefficient (Wildman–Crippen LogP) is 4.42. The summed E-state index contributed by atoms with van der Waals surface area (Å²) in [5.74, 6) is 2.80. The third-order valence-corrected chi connectivity index (χ3v) is 9.76. The van der Waals surface area contributed by atoms with E-state index in [1.165, 1.54) is 45.4 Å². The topological polar surface area (TPSA) is 64.2 Å². The van der Waals surface area contributed by atoms with Gasteiger partial charge < -0.3 is 10.2 Å². The van der Waals surface area contributed by atoms with E-state index < -0.39 is 11.2 Å². The van der Waals surface area contributed by atoms with Crippen molar-refractivity contribution in [3.63, 3.8) is 0 Å². The lowest BCUT2D eigenvalue weighted by Gasteiger charge is -2.62. The van der Waals surface area contributed by atoms with Crippen molar-refractivity contribution in [2.24, 2.45) is 34.5 Å². The summed E-state index contributed by atoms with van der Waals surface area (Å²) >= 11 is 0. The minimum atomic E-state index is -1.66. The van der Waals surface area contributed by atoms with Gasteiger partial charge in [-0.15, -0.1) is 0 Å². The van der Waals surface area contributed by atoms with E-state index in [2.05, 4.69) is 13.8 Å². The normalized spacial score (nSPS) is 54.6. The average Bonchev–Trinajstić information content (AvgIpc) is 2.87. The Morgan fingerprint density at radius 2 is 1.68 bits per heavy atom. The molecule has 3 nitrogen and oxygen atoms in total. The number of rotatable bonds is 1. The van der Waals surface area contributed by atoms with Crippen LogP contribution in [0.25, 0.3) is 0 Å². The van der Waals surface area contributed by atoms with E-state index in [-0.39, 0.29) is 5.41 Å². The first-order valence-corrected chi connectivity index (χ1v) is 10.6. The summed E-state index contributed by atoms with van der Waals surface area (Å²) in [5.41, 5.74) is -2.77. The van der Waals surface area contributed by atoms with E-state index in [9.17, 15) is 15.5 Å². The van der Waals surface area contributed by atoms with Crippen molar-refractivity contribution < 1.29 is 10.2 Å². The monoisotopic (exact) mass is 345 g/mol. The first-order chi connectivity index (χ1) is 11.7. The van der Waals surface area contributed by atoms with Crippen LogP contribution in [-0.4, -0.2) is 21.4 Å². The fourth-order valence-electron chi connectivity index (χ4n) is 8.20. The molecule has 0 amide bonds. The maximum absolute atomic E-state index is 11.5. The Kier molecular flexibility index (Phi) is 3.89. The standard InChI is InChI=1S/C22H35NO2/c1-19-11-5-4-6-15(19)7-8-16-17(19)9-12-20(2)18(16)10-13-22(20,25)21(3,24)14-23/h15-18,24-25H,4-13H2,1-3H3/t15?,16-,17+,18+,19+,20+,21?,22-/m1/s1. The highest BCUT2D eigenvalue weighted by molar-refractivity contribution is 5.23. The lowest BCUT2D eigenvalue weighted by Crippen LogP contribution is -2.63. The molecule has 4 fully saturated rings. The third kappa shape index (κ3) is 2.10. The predicted molar refractivity (Wildman–Crippen MR) is 97.5 cm³/mol. The molecule has 0 heterocycles. The summed E-state index contributed by atoms with van der Waals surface area (Å²) in [4.78, 5) is 0. The van der Waals surface area contributed by atoms with Gasteiger partial charge in [0.05, 0.1) is 0 Å². The quantitative estimate of drug-likeness (QED) is 0.691. The molecule has 4 saturated carbocycles. The number of fused-ring (bicyclic) bond motifs is 5. The number of aliphatic hydroxyl groups is 2. The molecular weight excluding hydrogens is 310 g/mol. The van der Waals surface area contributed by atoms with E-state index in [1.54, 1.807) is 0 Å². The van der Waals surface area contributed by atoms with Gasteiger partial charge in [0.1, 0.15) is 11.7 Å². The maximum atomic E-state index is 11.5. The zero-order chi connectivity index (χ0) is 18.1.